The molecule has 0 aliphatic carbocycles. The number of methoxy groups -OCH3 is 2. The lowest BCUT2D eigenvalue weighted by Gasteiger charge is -2.19. The summed E-state index contributed by atoms with van der Waals surface area (Å²) in [6.07, 6.45) is 0. The van der Waals surface area contributed by atoms with Crippen molar-refractivity contribution >= 4 is 21.8 Å². The van der Waals surface area contributed by atoms with Crippen LogP contribution in [0.25, 0.3) is 0 Å². The van der Waals surface area contributed by atoms with Gasteiger partial charge in [-0.2, -0.15) is 0 Å². The van der Waals surface area contributed by atoms with Crippen LogP contribution in [0.4, 0.5) is 0 Å². The summed E-state index contributed by atoms with van der Waals surface area (Å²) in [7, 11) is 5.05. The van der Waals surface area contributed by atoms with Gasteiger partial charge in [0.05, 0.1) is 13.7 Å². The summed E-state index contributed by atoms with van der Waals surface area (Å²) >= 11 is 3.45. The molecule has 0 spiro atoms. The van der Waals surface area contributed by atoms with Crippen molar-refractivity contribution in [2.75, 3.05) is 21.3 Å². The topological polar surface area (TPSA) is 38.8 Å². The lowest BCUT2D eigenvalue weighted by molar-refractivity contribution is 0.0784. The molecule has 0 aliphatic rings. The maximum Gasteiger partial charge on any atom is 0.253 e. The first-order valence-corrected chi connectivity index (χ1v) is 8.00. The Balaban J connectivity index is 2.17. The zero-order valence-corrected chi connectivity index (χ0v) is 15.1. The molecule has 0 bridgehead atoms. The average molecular weight is 378 g/mol. The van der Waals surface area contributed by atoms with Crippen LogP contribution in [0.1, 0.15) is 21.5 Å². The van der Waals surface area contributed by atoms with Gasteiger partial charge in [0.1, 0.15) is 5.75 Å². The molecule has 2 rings (SSSR count). The van der Waals surface area contributed by atoms with Crippen molar-refractivity contribution in [3.8, 4) is 5.75 Å². The number of nitrogens with zero attached hydrogens (tertiary/aromatic N) is 1. The molecular weight excluding hydrogens is 358 g/mol. The molecule has 5 heteroatoms. The minimum Gasteiger partial charge on any atom is -0.496 e. The average Bonchev–Trinajstić information content (AvgIpc) is 2.55. The first kappa shape index (κ1) is 17.5. The minimum atomic E-state index is -0.0371. The largest absolute Gasteiger partial charge is 0.496 e. The van der Waals surface area contributed by atoms with Crippen molar-refractivity contribution in [2.45, 2.75) is 13.2 Å². The summed E-state index contributed by atoms with van der Waals surface area (Å²) in [5.74, 6) is 0.728. The summed E-state index contributed by atoms with van der Waals surface area (Å²) in [4.78, 5) is 14.3. The van der Waals surface area contributed by atoms with Crippen molar-refractivity contribution < 1.29 is 14.3 Å². The van der Waals surface area contributed by atoms with E-state index in [4.69, 9.17) is 9.47 Å². The van der Waals surface area contributed by atoms with E-state index in [1.807, 2.05) is 42.5 Å². The van der Waals surface area contributed by atoms with Crippen molar-refractivity contribution in [1.82, 2.24) is 4.90 Å². The normalized spacial score (nSPS) is 10.4. The number of ether oxygens (including phenoxy) is 2. The molecule has 0 saturated heterocycles. The maximum absolute atomic E-state index is 12.6. The summed E-state index contributed by atoms with van der Waals surface area (Å²) < 4.78 is 11.4. The molecule has 0 aliphatic heterocycles. The number of benzene rings is 2. The monoisotopic (exact) mass is 377 g/mol. The summed E-state index contributed by atoms with van der Waals surface area (Å²) in [5.41, 5.74) is 2.58. The molecule has 1 amide bonds. The van der Waals surface area contributed by atoms with Gasteiger partial charge in [0.2, 0.25) is 0 Å². The second kappa shape index (κ2) is 8.13. The highest BCUT2D eigenvalue weighted by Crippen LogP contribution is 2.24. The minimum absolute atomic E-state index is 0.0371. The van der Waals surface area contributed by atoms with Crippen molar-refractivity contribution in [3.05, 3.63) is 63.6 Å². The molecule has 2 aromatic rings. The molecule has 0 aromatic heterocycles. The summed E-state index contributed by atoms with van der Waals surface area (Å²) in [6.45, 7) is 0.959. The molecule has 0 heterocycles. The number of carbonyl (C=O) groups is 1. The third-order valence-electron chi connectivity index (χ3n) is 3.48. The molecule has 122 valence electrons. The highest BCUT2D eigenvalue weighted by atomic mass is 79.9. The Hall–Kier alpha value is -1.85. The number of halogens is 1. The molecule has 0 saturated carbocycles. The van der Waals surface area contributed by atoms with Crippen LogP contribution in [0.15, 0.2) is 46.9 Å². The van der Waals surface area contributed by atoms with Crippen LogP contribution in [0.5, 0.6) is 5.75 Å². The van der Waals surface area contributed by atoms with Crippen LogP contribution < -0.4 is 4.74 Å². The Morgan fingerprint density at radius 3 is 2.65 bits per heavy atom. The van der Waals surface area contributed by atoms with Crippen LogP contribution in [0.2, 0.25) is 0 Å². The van der Waals surface area contributed by atoms with E-state index in [1.54, 1.807) is 26.2 Å². The van der Waals surface area contributed by atoms with E-state index in [1.165, 1.54) is 0 Å². The predicted octanol–water partition coefficient (Wildman–Crippen LogP) is 3.88. The molecule has 23 heavy (non-hydrogen) atoms. The second-order valence-electron chi connectivity index (χ2n) is 5.25. The fourth-order valence-electron chi connectivity index (χ4n) is 2.38. The predicted molar refractivity (Wildman–Crippen MR) is 93.6 cm³/mol. The van der Waals surface area contributed by atoms with Gasteiger partial charge in [-0.25, -0.2) is 0 Å². The Morgan fingerprint density at radius 1 is 1.17 bits per heavy atom. The first-order chi connectivity index (χ1) is 11.0. The molecule has 0 fully saturated rings. The molecule has 0 radical (unpaired) electrons. The first-order valence-electron chi connectivity index (χ1n) is 7.21. The maximum atomic E-state index is 12.6. The van der Waals surface area contributed by atoms with Gasteiger partial charge in [0, 0.05) is 36.3 Å². The van der Waals surface area contributed by atoms with Crippen molar-refractivity contribution in [3.63, 3.8) is 0 Å². The Kier molecular flexibility index (Phi) is 6.19. The van der Waals surface area contributed by atoms with Crippen LogP contribution >= 0.6 is 15.9 Å². The van der Waals surface area contributed by atoms with Crippen LogP contribution in [-0.2, 0) is 17.9 Å². The van der Waals surface area contributed by atoms with Gasteiger partial charge in [-0.3, -0.25) is 4.79 Å². The molecule has 0 unspecified atom stereocenters. The third-order valence-corrected chi connectivity index (χ3v) is 3.97. The Morgan fingerprint density at radius 2 is 1.96 bits per heavy atom. The van der Waals surface area contributed by atoms with E-state index in [0.29, 0.717) is 18.7 Å². The van der Waals surface area contributed by atoms with Gasteiger partial charge in [0.25, 0.3) is 5.91 Å². The van der Waals surface area contributed by atoms with Crippen LogP contribution in [-0.4, -0.2) is 32.1 Å². The number of amides is 1. The lowest BCUT2D eigenvalue weighted by Crippen LogP contribution is -2.26. The van der Waals surface area contributed by atoms with E-state index in [-0.39, 0.29) is 5.91 Å². The number of rotatable bonds is 6. The quantitative estimate of drug-likeness (QED) is 0.766. The highest BCUT2D eigenvalue weighted by Gasteiger charge is 2.15. The Labute approximate surface area is 145 Å². The van der Waals surface area contributed by atoms with Gasteiger partial charge >= 0.3 is 0 Å². The van der Waals surface area contributed by atoms with Crippen molar-refractivity contribution in [2.24, 2.45) is 0 Å². The van der Waals surface area contributed by atoms with Gasteiger partial charge in [-0.1, -0.05) is 28.1 Å². The zero-order valence-electron chi connectivity index (χ0n) is 13.5. The smallest absolute Gasteiger partial charge is 0.253 e. The fourth-order valence-corrected chi connectivity index (χ4v) is 2.79. The van der Waals surface area contributed by atoms with Gasteiger partial charge in [-0.15, -0.1) is 0 Å². The standard InChI is InChI=1S/C18H20BrNO3/c1-20(11-15-10-16(19)7-8-17(15)23-3)18(21)14-6-4-5-13(9-14)12-22-2/h4-10H,11-12H2,1-3H3. The van der Waals surface area contributed by atoms with E-state index < -0.39 is 0 Å². The van der Waals surface area contributed by atoms with E-state index in [9.17, 15) is 4.79 Å². The molecule has 2 aromatic carbocycles. The lowest BCUT2D eigenvalue weighted by atomic mass is 10.1. The molecule has 0 N–H and O–H groups in total. The number of hydrogen-bond acceptors (Lipinski definition) is 3. The highest BCUT2D eigenvalue weighted by molar-refractivity contribution is 9.10. The van der Waals surface area contributed by atoms with E-state index in [2.05, 4.69) is 15.9 Å². The molecule has 4 nitrogen and oxygen atoms in total. The molecule has 0 atom stereocenters. The van der Waals surface area contributed by atoms with Crippen LogP contribution in [0, 0.1) is 0 Å². The third kappa shape index (κ3) is 4.56. The summed E-state index contributed by atoms with van der Waals surface area (Å²) in [5, 5.41) is 0. The number of carbonyl (C=O) groups excluding carboxylic acids is 1. The SMILES string of the molecule is COCc1cccc(C(=O)N(C)Cc2cc(Br)ccc2OC)c1. The van der Waals surface area contributed by atoms with E-state index >= 15 is 0 Å². The second-order valence-corrected chi connectivity index (χ2v) is 6.17. The Bertz CT molecular complexity index is 688. The zero-order chi connectivity index (χ0) is 16.8. The van der Waals surface area contributed by atoms with Crippen molar-refractivity contribution in [1.29, 1.82) is 0 Å². The number of hydrogen-bond donors (Lipinski definition) is 0. The summed E-state index contributed by atoms with van der Waals surface area (Å²) in [6, 6.07) is 13.3. The molecular formula is C18H20BrNO3. The van der Waals surface area contributed by atoms with E-state index in [0.717, 1.165) is 21.3 Å². The van der Waals surface area contributed by atoms with Gasteiger partial charge in [0.15, 0.2) is 0 Å². The van der Waals surface area contributed by atoms with Gasteiger partial charge in [-0.05, 0) is 35.9 Å². The fraction of sp³-hybridized carbons (Fsp3) is 0.278. The van der Waals surface area contributed by atoms with Gasteiger partial charge < -0.3 is 14.4 Å². The van der Waals surface area contributed by atoms with Crippen LogP contribution in [0.3, 0.4) is 0 Å².